The van der Waals surface area contributed by atoms with E-state index in [0.29, 0.717) is 40.5 Å². The Labute approximate surface area is 220 Å². The van der Waals surface area contributed by atoms with E-state index in [2.05, 4.69) is 9.71 Å². The summed E-state index contributed by atoms with van der Waals surface area (Å²) in [6, 6.07) is 23.1. The summed E-state index contributed by atoms with van der Waals surface area (Å²) in [7, 11) is 0. The number of benzene rings is 3. The molecule has 0 aliphatic heterocycles. The van der Waals surface area contributed by atoms with Gasteiger partial charge in [-0.2, -0.15) is 13.2 Å². The number of hydrogen-bond donors (Lipinski definition) is 1. The predicted octanol–water partition coefficient (Wildman–Crippen LogP) is 7.04. The van der Waals surface area contributed by atoms with Gasteiger partial charge in [0.2, 0.25) is 5.12 Å². The van der Waals surface area contributed by atoms with E-state index in [-0.39, 0.29) is 22.9 Å². The molecule has 0 unspecified atom stereocenters. The molecule has 5 rings (SSSR count). The molecule has 0 fully saturated rings. The Morgan fingerprint density at radius 2 is 1.61 bits per heavy atom. The van der Waals surface area contributed by atoms with Crippen LogP contribution < -0.4 is 4.72 Å². The van der Waals surface area contributed by atoms with E-state index >= 15 is 0 Å². The van der Waals surface area contributed by atoms with Crippen molar-refractivity contribution in [2.75, 3.05) is 0 Å². The van der Waals surface area contributed by atoms with E-state index < -0.39 is 17.6 Å². The first-order chi connectivity index (χ1) is 18.3. The quantitative estimate of drug-likeness (QED) is 0.246. The highest BCUT2D eigenvalue weighted by atomic mass is 32.2. The van der Waals surface area contributed by atoms with Crippen molar-refractivity contribution in [2.24, 2.45) is 0 Å². The van der Waals surface area contributed by atoms with Crippen LogP contribution in [0.5, 0.6) is 0 Å². The summed E-state index contributed by atoms with van der Waals surface area (Å²) in [5.41, 5.74) is 2.03. The molecular weight excluding hydrogens is 511 g/mol. The number of carbonyl (C=O) groups is 2. The van der Waals surface area contributed by atoms with Crippen molar-refractivity contribution in [3.05, 3.63) is 113 Å². The molecule has 0 saturated heterocycles. The molecule has 0 spiro atoms. The first kappa shape index (κ1) is 25.5. The average Bonchev–Trinajstić information content (AvgIpc) is 3.24. The molecule has 9 heteroatoms. The van der Waals surface area contributed by atoms with Gasteiger partial charge >= 0.3 is 6.18 Å². The maximum atomic E-state index is 13.7. The van der Waals surface area contributed by atoms with Crippen LogP contribution in [0.25, 0.3) is 21.8 Å². The monoisotopic (exact) mass is 533 g/mol. The van der Waals surface area contributed by atoms with Gasteiger partial charge in [-0.25, -0.2) is 4.98 Å². The van der Waals surface area contributed by atoms with E-state index in [4.69, 9.17) is 0 Å². The van der Waals surface area contributed by atoms with Crippen LogP contribution in [0.2, 0.25) is 0 Å². The van der Waals surface area contributed by atoms with E-state index in [1.54, 1.807) is 42.5 Å². The van der Waals surface area contributed by atoms with E-state index in [1.165, 1.54) is 12.1 Å². The second-order valence-corrected chi connectivity index (χ2v) is 9.43. The largest absolute Gasteiger partial charge is 0.416 e. The van der Waals surface area contributed by atoms with E-state index in [0.717, 1.165) is 17.0 Å². The Morgan fingerprint density at radius 3 is 2.34 bits per heavy atom. The fourth-order valence-corrected chi connectivity index (χ4v) is 5.11. The van der Waals surface area contributed by atoms with Crippen LogP contribution in [-0.2, 0) is 19.1 Å². The van der Waals surface area contributed by atoms with Gasteiger partial charge in [0.15, 0.2) is 0 Å². The molecule has 1 N–H and O–H groups in total. The molecule has 3 aromatic carbocycles. The molecule has 0 aliphatic carbocycles. The van der Waals surface area contributed by atoms with Gasteiger partial charge < -0.3 is 4.57 Å². The normalized spacial score (nSPS) is 11.7. The van der Waals surface area contributed by atoms with Crippen LogP contribution in [0, 0.1) is 0 Å². The maximum absolute atomic E-state index is 13.7. The molecule has 0 aliphatic rings. The number of alkyl halides is 3. The zero-order valence-electron chi connectivity index (χ0n) is 20.3. The van der Waals surface area contributed by atoms with Crippen LogP contribution in [0.1, 0.15) is 44.6 Å². The molecule has 0 atom stereocenters. The first-order valence-corrected chi connectivity index (χ1v) is 12.7. The zero-order chi connectivity index (χ0) is 26.9. The summed E-state index contributed by atoms with van der Waals surface area (Å²) in [5, 5.41) is 1.20. The van der Waals surface area contributed by atoms with Crippen LogP contribution in [0.15, 0.2) is 84.9 Å². The van der Waals surface area contributed by atoms with Gasteiger partial charge in [-0.15, -0.1) is 0 Å². The van der Waals surface area contributed by atoms with Crippen molar-refractivity contribution in [3.63, 3.8) is 0 Å². The number of pyridine rings is 1. The van der Waals surface area contributed by atoms with Crippen LogP contribution in [0.3, 0.4) is 0 Å². The van der Waals surface area contributed by atoms with E-state index in [9.17, 15) is 22.8 Å². The average molecular weight is 534 g/mol. The highest BCUT2D eigenvalue weighted by Crippen LogP contribution is 2.36. The van der Waals surface area contributed by atoms with Crippen molar-refractivity contribution in [3.8, 4) is 0 Å². The Kier molecular flexibility index (Phi) is 6.94. The number of amides is 1. The minimum Gasteiger partial charge on any atom is -0.334 e. The topological polar surface area (TPSA) is 64.0 Å². The Morgan fingerprint density at radius 1 is 0.921 bits per heavy atom. The number of halogens is 3. The van der Waals surface area contributed by atoms with Crippen molar-refractivity contribution < 1.29 is 22.8 Å². The summed E-state index contributed by atoms with van der Waals surface area (Å²) in [4.78, 5) is 30.0. The Hall–Kier alpha value is -4.11. The summed E-state index contributed by atoms with van der Waals surface area (Å²) in [6.07, 6.45) is -4.04. The molecular formula is C29H22F3N3O2S. The van der Waals surface area contributed by atoms with Crippen molar-refractivity contribution in [1.82, 2.24) is 14.3 Å². The van der Waals surface area contributed by atoms with Crippen LogP contribution in [-0.4, -0.2) is 20.6 Å². The molecule has 0 radical (unpaired) electrons. The second-order valence-electron chi connectivity index (χ2n) is 8.65. The zero-order valence-corrected chi connectivity index (χ0v) is 21.1. The van der Waals surface area contributed by atoms with Gasteiger partial charge in [-0.05, 0) is 30.2 Å². The molecule has 5 nitrogen and oxygen atoms in total. The predicted molar refractivity (Wildman–Crippen MR) is 143 cm³/mol. The number of fused-ring (bicyclic) bond motifs is 3. The lowest BCUT2D eigenvalue weighted by Crippen LogP contribution is -2.20. The number of nitrogens with one attached hydrogen (secondary N) is 1. The van der Waals surface area contributed by atoms with Gasteiger partial charge in [0.05, 0.1) is 16.8 Å². The van der Waals surface area contributed by atoms with E-state index in [1.807, 2.05) is 35.8 Å². The number of nitrogens with zero attached hydrogens (tertiary/aromatic N) is 2. The van der Waals surface area contributed by atoms with Crippen LogP contribution in [0.4, 0.5) is 13.2 Å². The first-order valence-electron chi connectivity index (χ1n) is 11.9. The SMILES string of the molecule is CCc1nc(C(=O)NSC(=O)c2ccccc2)cc2c3ccccc3n(Cc3ccccc3C(F)(F)F)c12. The summed E-state index contributed by atoms with van der Waals surface area (Å²) in [5.74, 6) is -0.532. The molecule has 1 amide bonds. The van der Waals surface area contributed by atoms with Crippen molar-refractivity contribution in [2.45, 2.75) is 26.1 Å². The fourth-order valence-electron chi connectivity index (χ4n) is 4.57. The van der Waals surface area contributed by atoms with Crippen molar-refractivity contribution >= 4 is 44.8 Å². The third-order valence-electron chi connectivity index (χ3n) is 6.28. The minimum absolute atomic E-state index is 0.0126. The molecule has 0 saturated carbocycles. The number of aromatic nitrogens is 2. The number of aryl methyl sites for hydroxylation is 1. The number of carbonyl (C=O) groups excluding carboxylic acids is 2. The van der Waals surface area contributed by atoms with Gasteiger partial charge in [0, 0.05) is 40.3 Å². The lowest BCUT2D eigenvalue weighted by molar-refractivity contribution is -0.138. The number of para-hydroxylation sites is 1. The third kappa shape index (κ3) is 4.89. The van der Waals surface area contributed by atoms with Gasteiger partial charge in [0.25, 0.3) is 5.91 Å². The van der Waals surface area contributed by atoms with Gasteiger partial charge in [0.1, 0.15) is 5.69 Å². The van der Waals surface area contributed by atoms with Crippen molar-refractivity contribution in [1.29, 1.82) is 0 Å². The van der Waals surface area contributed by atoms with Gasteiger partial charge in [-0.1, -0.05) is 73.7 Å². The maximum Gasteiger partial charge on any atom is 0.416 e. The standard InChI is InChI=1S/C29H22F3N3O2S/c1-2-23-26-21(16-24(33-23)27(36)34-38-28(37)18-10-4-3-5-11-18)20-13-7-9-15-25(20)35(26)17-19-12-6-8-14-22(19)29(30,31)32/h3-16H,2,17H2,1H3,(H,34,36). The Bertz CT molecular complexity index is 1660. The van der Waals surface area contributed by atoms with Gasteiger partial charge in [-0.3, -0.25) is 14.3 Å². The minimum atomic E-state index is -4.48. The highest BCUT2D eigenvalue weighted by Gasteiger charge is 2.33. The summed E-state index contributed by atoms with van der Waals surface area (Å²) in [6.45, 7) is 1.87. The second kappa shape index (κ2) is 10.3. The number of hydrogen-bond acceptors (Lipinski definition) is 4. The summed E-state index contributed by atoms with van der Waals surface area (Å²) < 4.78 is 45.6. The van der Waals surface area contributed by atoms with Crippen LogP contribution >= 0.6 is 11.9 Å². The highest BCUT2D eigenvalue weighted by molar-refractivity contribution is 8.12. The molecule has 2 heterocycles. The molecule has 2 aromatic heterocycles. The third-order valence-corrected chi connectivity index (χ3v) is 6.99. The molecule has 0 bridgehead atoms. The summed E-state index contributed by atoms with van der Waals surface area (Å²) >= 11 is 0.676. The lowest BCUT2D eigenvalue weighted by atomic mass is 10.1. The molecule has 5 aromatic rings. The fraction of sp³-hybridized carbons (Fsp3) is 0.138. The number of rotatable bonds is 5. The lowest BCUT2D eigenvalue weighted by Gasteiger charge is -2.15. The smallest absolute Gasteiger partial charge is 0.334 e. The molecule has 38 heavy (non-hydrogen) atoms. The Balaban J connectivity index is 1.56. The molecule has 192 valence electrons.